The Labute approximate surface area is 159 Å². The van der Waals surface area contributed by atoms with Crippen LogP contribution in [0.3, 0.4) is 0 Å². The van der Waals surface area contributed by atoms with Crippen LogP contribution >= 0.6 is 0 Å². The summed E-state index contributed by atoms with van der Waals surface area (Å²) in [6.45, 7) is 8.34. The van der Waals surface area contributed by atoms with Crippen molar-refractivity contribution in [2.45, 2.75) is 44.8 Å². The Kier molecular flexibility index (Phi) is 5.28. The molecule has 2 heterocycles. The van der Waals surface area contributed by atoms with E-state index >= 15 is 0 Å². The molecule has 1 aromatic carbocycles. The van der Waals surface area contributed by atoms with Crippen LogP contribution in [0.5, 0.6) is 0 Å². The molecule has 0 aromatic heterocycles. The highest BCUT2D eigenvalue weighted by Crippen LogP contribution is 2.35. The number of carbonyl (C=O) groups excluding carboxylic acids is 1. The molecule has 2 aliphatic heterocycles. The first-order chi connectivity index (χ1) is 12.7. The number of nitro benzene ring substituents is 1. The standard InChI is InChI=1S/C19H27N3O5/c1-18(2,3)27-17(23)21-12-13-26-19(14-21)8-10-20(11-9-19)15-6-4-5-7-16(15)22(24)25/h4-7H,8-14H2,1-3H3. The molecule has 8 heteroatoms. The summed E-state index contributed by atoms with van der Waals surface area (Å²) in [6.07, 6.45) is 1.10. The van der Waals surface area contributed by atoms with Gasteiger partial charge in [-0.25, -0.2) is 4.79 Å². The lowest BCUT2D eigenvalue weighted by Gasteiger charge is -2.47. The summed E-state index contributed by atoms with van der Waals surface area (Å²) in [5, 5.41) is 11.3. The van der Waals surface area contributed by atoms with Gasteiger partial charge in [0.25, 0.3) is 5.69 Å². The number of nitrogens with zero attached hydrogens (tertiary/aromatic N) is 3. The monoisotopic (exact) mass is 377 g/mol. The van der Waals surface area contributed by atoms with E-state index in [9.17, 15) is 14.9 Å². The van der Waals surface area contributed by atoms with Crippen LogP contribution in [0.25, 0.3) is 0 Å². The molecule has 8 nitrogen and oxygen atoms in total. The van der Waals surface area contributed by atoms with Crippen molar-refractivity contribution in [3.63, 3.8) is 0 Å². The molecule has 1 aromatic rings. The number of benzene rings is 1. The summed E-state index contributed by atoms with van der Waals surface area (Å²) in [5.41, 5.74) is -0.182. The van der Waals surface area contributed by atoms with E-state index in [1.807, 2.05) is 31.7 Å². The molecule has 0 radical (unpaired) electrons. The van der Waals surface area contributed by atoms with E-state index < -0.39 is 11.2 Å². The summed E-state index contributed by atoms with van der Waals surface area (Å²) in [6, 6.07) is 6.80. The molecule has 0 aliphatic carbocycles. The van der Waals surface area contributed by atoms with Crippen molar-refractivity contribution in [2.75, 3.05) is 37.7 Å². The van der Waals surface area contributed by atoms with Gasteiger partial charge in [0.2, 0.25) is 0 Å². The van der Waals surface area contributed by atoms with Crippen LogP contribution in [-0.2, 0) is 9.47 Å². The number of hydrogen-bond donors (Lipinski definition) is 0. The summed E-state index contributed by atoms with van der Waals surface area (Å²) >= 11 is 0. The molecule has 27 heavy (non-hydrogen) atoms. The molecule has 0 atom stereocenters. The zero-order chi connectivity index (χ0) is 19.7. The topological polar surface area (TPSA) is 85.1 Å². The van der Waals surface area contributed by atoms with Crippen LogP contribution in [0.2, 0.25) is 0 Å². The fourth-order valence-electron chi connectivity index (χ4n) is 3.67. The first-order valence-corrected chi connectivity index (χ1v) is 9.29. The van der Waals surface area contributed by atoms with Gasteiger partial charge in [-0.05, 0) is 39.7 Å². The Hall–Kier alpha value is -2.35. The number of rotatable bonds is 2. The minimum Gasteiger partial charge on any atom is -0.444 e. The molecule has 2 fully saturated rings. The maximum absolute atomic E-state index is 12.4. The summed E-state index contributed by atoms with van der Waals surface area (Å²) in [5.74, 6) is 0. The minimum absolute atomic E-state index is 0.119. The maximum Gasteiger partial charge on any atom is 0.410 e. The number of ether oxygens (including phenoxy) is 2. The van der Waals surface area contributed by atoms with Crippen LogP contribution in [0, 0.1) is 10.1 Å². The molecule has 3 rings (SSSR count). The number of hydrogen-bond acceptors (Lipinski definition) is 6. The van der Waals surface area contributed by atoms with Crippen LogP contribution < -0.4 is 4.90 Å². The molecule has 1 spiro atoms. The zero-order valence-corrected chi connectivity index (χ0v) is 16.1. The molecule has 0 bridgehead atoms. The zero-order valence-electron chi connectivity index (χ0n) is 16.1. The second-order valence-electron chi connectivity index (χ2n) is 8.17. The lowest BCUT2D eigenvalue weighted by atomic mass is 9.89. The highest BCUT2D eigenvalue weighted by Gasteiger charge is 2.42. The van der Waals surface area contributed by atoms with Gasteiger partial charge in [-0.1, -0.05) is 12.1 Å². The van der Waals surface area contributed by atoms with Gasteiger partial charge in [0.05, 0.1) is 23.7 Å². The van der Waals surface area contributed by atoms with Gasteiger partial charge in [-0.2, -0.15) is 0 Å². The van der Waals surface area contributed by atoms with Crippen molar-refractivity contribution >= 4 is 17.5 Å². The maximum atomic E-state index is 12.4. The Morgan fingerprint density at radius 3 is 2.52 bits per heavy atom. The van der Waals surface area contributed by atoms with Gasteiger partial charge in [0, 0.05) is 25.7 Å². The first kappa shape index (κ1) is 19.4. The van der Waals surface area contributed by atoms with E-state index in [1.54, 1.807) is 17.0 Å². The van der Waals surface area contributed by atoms with Gasteiger partial charge in [0.1, 0.15) is 11.3 Å². The van der Waals surface area contributed by atoms with E-state index in [4.69, 9.17) is 9.47 Å². The quantitative estimate of drug-likeness (QED) is 0.581. The van der Waals surface area contributed by atoms with E-state index in [-0.39, 0.29) is 16.7 Å². The van der Waals surface area contributed by atoms with Gasteiger partial charge in [0.15, 0.2) is 0 Å². The summed E-state index contributed by atoms with van der Waals surface area (Å²) < 4.78 is 11.6. The third-order valence-corrected chi connectivity index (χ3v) is 4.99. The highest BCUT2D eigenvalue weighted by atomic mass is 16.6. The fourth-order valence-corrected chi connectivity index (χ4v) is 3.67. The Bertz CT molecular complexity index is 708. The van der Waals surface area contributed by atoms with E-state index in [0.29, 0.717) is 51.3 Å². The third kappa shape index (κ3) is 4.50. The van der Waals surface area contributed by atoms with Crippen LogP contribution in [0.1, 0.15) is 33.6 Å². The second-order valence-corrected chi connectivity index (χ2v) is 8.17. The fraction of sp³-hybridized carbons (Fsp3) is 0.632. The van der Waals surface area contributed by atoms with E-state index in [0.717, 1.165) is 0 Å². The molecule has 2 aliphatic rings. The van der Waals surface area contributed by atoms with Crippen LogP contribution in [0.4, 0.5) is 16.2 Å². The molecule has 1 amide bonds. The predicted molar refractivity (Wildman–Crippen MR) is 101 cm³/mol. The predicted octanol–water partition coefficient (Wildman–Crippen LogP) is 3.20. The van der Waals surface area contributed by atoms with Gasteiger partial charge < -0.3 is 19.3 Å². The Morgan fingerprint density at radius 1 is 1.22 bits per heavy atom. The SMILES string of the molecule is CC(C)(C)OC(=O)N1CCOC2(CCN(c3ccccc3[N+](=O)[O-])CC2)C1. The molecule has 2 saturated heterocycles. The number of para-hydroxylation sites is 2. The minimum atomic E-state index is -0.530. The largest absolute Gasteiger partial charge is 0.444 e. The smallest absolute Gasteiger partial charge is 0.410 e. The van der Waals surface area contributed by atoms with Crippen molar-refractivity contribution < 1.29 is 19.2 Å². The van der Waals surface area contributed by atoms with Crippen molar-refractivity contribution in [1.82, 2.24) is 4.90 Å². The molecule has 148 valence electrons. The third-order valence-electron chi connectivity index (χ3n) is 4.99. The van der Waals surface area contributed by atoms with Crippen molar-refractivity contribution in [3.05, 3.63) is 34.4 Å². The number of anilines is 1. The number of carbonyl (C=O) groups is 1. The highest BCUT2D eigenvalue weighted by molar-refractivity contribution is 5.68. The lowest BCUT2D eigenvalue weighted by Crippen LogP contribution is -2.58. The van der Waals surface area contributed by atoms with Crippen molar-refractivity contribution in [1.29, 1.82) is 0 Å². The van der Waals surface area contributed by atoms with Crippen LogP contribution in [0.15, 0.2) is 24.3 Å². The normalized spacial score (nSPS) is 19.8. The average Bonchev–Trinajstić information content (AvgIpc) is 2.61. The van der Waals surface area contributed by atoms with E-state index in [1.165, 1.54) is 6.07 Å². The lowest BCUT2D eigenvalue weighted by molar-refractivity contribution is -0.384. The summed E-state index contributed by atoms with van der Waals surface area (Å²) in [4.78, 5) is 27.1. The second kappa shape index (κ2) is 7.34. The molecular weight excluding hydrogens is 350 g/mol. The Balaban J connectivity index is 1.66. The number of morpholine rings is 1. The van der Waals surface area contributed by atoms with Gasteiger partial charge in [-0.3, -0.25) is 10.1 Å². The van der Waals surface area contributed by atoms with Gasteiger partial charge >= 0.3 is 6.09 Å². The van der Waals surface area contributed by atoms with E-state index in [2.05, 4.69) is 0 Å². The Morgan fingerprint density at radius 2 is 1.89 bits per heavy atom. The van der Waals surface area contributed by atoms with Gasteiger partial charge in [-0.15, -0.1) is 0 Å². The summed E-state index contributed by atoms with van der Waals surface area (Å²) in [7, 11) is 0. The van der Waals surface area contributed by atoms with Crippen molar-refractivity contribution in [2.24, 2.45) is 0 Å². The molecular formula is C19H27N3O5. The molecule has 0 N–H and O–H groups in total. The molecule has 0 saturated carbocycles. The number of nitro groups is 1. The molecule has 0 unspecified atom stereocenters. The average molecular weight is 377 g/mol. The van der Waals surface area contributed by atoms with Crippen LogP contribution in [-0.4, -0.2) is 59.9 Å². The number of amides is 1. The number of piperidine rings is 1. The first-order valence-electron chi connectivity index (χ1n) is 9.29. The van der Waals surface area contributed by atoms with Crippen molar-refractivity contribution in [3.8, 4) is 0 Å².